The molecule has 0 saturated heterocycles. The van der Waals surface area contributed by atoms with Crippen molar-refractivity contribution < 1.29 is 9.90 Å². The molecule has 3 nitrogen and oxygen atoms in total. The Labute approximate surface area is 159 Å². The number of aliphatic hydroxyl groups excluding tert-OH is 1. The summed E-state index contributed by atoms with van der Waals surface area (Å²) in [5.41, 5.74) is 0.623. The first-order valence-electron chi connectivity index (χ1n) is 11.0. The predicted molar refractivity (Wildman–Crippen MR) is 105 cm³/mol. The molecule has 0 amide bonds. The number of Topliss-reactive ketones (excluding diaryl/α,β-unsaturated/α-hetero) is 1. The zero-order valence-corrected chi connectivity index (χ0v) is 17.5. The van der Waals surface area contributed by atoms with Crippen molar-refractivity contribution in [3.8, 4) is 0 Å². The van der Waals surface area contributed by atoms with Crippen LogP contribution in [0.4, 0.5) is 0 Å². The first-order chi connectivity index (χ1) is 12.2. The molecule has 0 aliphatic heterocycles. The van der Waals surface area contributed by atoms with Crippen LogP contribution in [0.1, 0.15) is 72.1 Å². The van der Waals surface area contributed by atoms with E-state index in [2.05, 4.69) is 32.8 Å². The van der Waals surface area contributed by atoms with E-state index >= 15 is 0 Å². The van der Waals surface area contributed by atoms with E-state index in [4.69, 9.17) is 0 Å². The molecule has 0 aromatic heterocycles. The molecule has 26 heavy (non-hydrogen) atoms. The third-order valence-electron chi connectivity index (χ3n) is 9.84. The maximum Gasteiger partial charge on any atom is 0.133 e. The summed E-state index contributed by atoms with van der Waals surface area (Å²) in [6, 6.07) is 0.303. The number of hydrogen-bond acceptors (Lipinski definition) is 3. The van der Waals surface area contributed by atoms with E-state index in [1.165, 1.54) is 32.1 Å². The van der Waals surface area contributed by atoms with Gasteiger partial charge in [-0.05, 0) is 107 Å². The standard InChI is InChI=1S/C23H39NO2/c1-14(25)17-8-9-18-16-7-6-15-12-21(26)20(24(4)5)13-23(15,3)19(16)10-11-22(17,18)2/h15-21,26H,6-13H2,1-5H3/t15?,16-,17+,18?,19?,20?,21-,22+,23-/m0/s1. The Kier molecular flexibility index (Phi) is 4.59. The fourth-order valence-electron chi connectivity index (χ4n) is 8.47. The lowest BCUT2D eigenvalue weighted by atomic mass is 9.44. The van der Waals surface area contributed by atoms with E-state index in [1.807, 2.05) is 6.92 Å². The Balaban J connectivity index is 1.62. The SMILES string of the molecule is CC(=O)[C@H]1CCC2[C@@H]3CCC4C[C@H](O)C(N(C)C)C[C@]4(C)C3CC[C@@]21C. The van der Waals surface area contributed by atoms with Crippen LogP contribution < -0.4 is 0 Å². The molecular formula is C23H39NO2. The monoisotopic (exact) mass is 361 g/mol. The number of carbonyl (C=O) groups is 1. The van der Waals surface area contributed by atoms with Crippen LogP contribution in [0.15, 0.2) is 0 Å². The van der Waals surface area contributed by atoms with Gasteiger partial charge in [0.1, 0.15) is 5.78 Å². The number of ketones is 1. The van der Waals surface area contributed by atoms with Gasteiger partial charge in [0, 0.05) is 12.0 Å². The van der Waals surface area contributed by atoms with E-state index < -0.39 is 0 Å². The van der Waals surface area contributed by atoms with Crippen molar-refractivity contribution in [3.63, 3.8) is 0 Å². The minimum Gasteiger partial charge on any atom is -0.391 e. The molecule has 4 unspecified atom stereocenters. The number of rotatable bonds is 2. The lowest BCUT2D eigenvalue weighted by Crippen LogP contribution is -2.58. The zero-order valence-electron chi connectivity index (χ0n) is 17.5. The topological polar surface area (TPSA) is 40.5 Å². The Hall–Kier alpha value is -0.410. The van der Waals surface area contributed by atoms with Gasteiger partial charge in [-0.25, -0.2) is 0 Å². The Morgan fingerprint density at radius 3 is 2.35 bits per heavy atom. The normalized spacial score (nSPS) is 53.7. The van der Waals surface area contributed by atoms with Crippen LogP contribution in [-0.4, -0.2) is 42.0 Å². The van der Waals surface area contributed by atoms with Gasteiger partial charge in [0.2, 0.25) is 0 Å². The molecule has 4 aliphatic carbocycles. The maximum absolute atomic E-state index is 12.3. The Morgan fingerprint density at radius 1 is 1.00 bits per heavy atom. The summed E-state index contributed by atoms with van der Waals surface area (Å²) in [5.74, 6) is 3.77. The molecule has 0 radical (unpaired) electrons. The van der Waals surface area contributed by atoms with Crippen molar-refractivity contribution in [1.82, 2.24) is 4.90 Å². The molecular weight excluding hydrogens is 322 g/mol. The molecule has 4 aliphatic rings. The largest absolute Gasteiger partial charge is 0.391 e. The first kappa shape index (κ1) is 18.9. The molecule has 3 heteroatoms. The smallest absolute Gasteiger partial charge is 0.133 e. The second kappa shape index (κ2) is 6.30. The number of fused-ring (bicyclic) bond motifs is 5. The summed E-state index contributed by atoms with van der Waals surface area (Å²) < 4.78 is 0. The van der Waals surface area contributed by atoms with Crippen LogP contribution in [0.25, 0.3) is 0 Å². The highest BCUT2D eigenvalue weighted by Crippen LogP contribution is 2.67. The van der Waals surface area contributed by atoms with Crippen LogP contribution in [0.3, 0.4) is 0 Å². The van der Waals surface area contributed by atoms with Gasteiger partial charge in [-0.15, -0.1) is 0 Å². The minimum absolute atomic E-state index is 0.165. The number of nitrogens with zero attached hydrogens (tertiary/aromatic N) is 1. The molecule has 148 valence electrons. The van der Waals surface area contributed by atoms with Crippen molar-refractivity contribution in [2.75, 3.05) is 14.1 Å². The molecule has 0 spiro atoms. The average Bonchev–Trinajstić information content (AvgIpc) is 2.92. The molecule has 9 atom stereocenters. The maximum atomic E-state index is 12.3. The molecule has 0 heterocycles. The quantitative estimate of drug-likeness (QED) is 0.804. The van der Waals surface area contributed by atoms with Crippen LogP contribution in [-0.2, 0) is 4.79 Å². The second-order valence-electron chi connectivity index (χ2n) is 11.0. The van der Waals surface area contributed by atoms with Gasteiger partial charge in [-0.2, -0.15) is 0 Å². The van der Waals surface area contributed by atoms with Gasteiger partial charge in [-0.3, -0.25) is 4.79 Å². The Morgan fingerprint density at radius 2 is 1.69 bits per heavy atom. The van der Waals surface area contributed by atoms with Crippen LogP contribution in [0, 0.1) is 40.4 Å². The van der Waals surface area contributed by atoms with Crippen molar-refractivity contribution >= 4 is 5.78 Å². The lowest BCUT2D eigenvalue weighted by molar-refractivity contribution is -0.149. The number of likely N-dealkylation sites (N-methyl/N-ethyl adjacent to an activating group) is 1. The highest BCUT2D eigenvalue weighted by molar-refractivity contribution is 5.79. The van der Waals surface area contributed by atoms with Crippen LogP contribution in [0.5, 0.6) is 0 Å². The Bertz CT molecular complexity index is 575. The summed E-state index contributed by atoms with van der Waals surface area (Å²) in [6.07, 6.45) is 9.50. The fourth-order valence-corrected chi connectivity index (χ4v) is 8.47. The van der Waals surface area contributed by atoms with E-state index in [-0.39, 0.29) is 11.5 Å². The summed E-state index contributed by atoms with van der Waals surface area (Å²) in [4.78, 5) is 14.5. The molecule has 0 aromatic rings. The third kappa shape index (κ3) is 2.56. The lowest BCUT2D eigenvalue weighted by Gasteiger charge is -2.62. The first-order valence-corrected chi connectivity index (χ1v) is 11.0. The number of hydrogen-bond donors (Lipinski definition) is 1. The fraction of sp³-hybridized carbons (Fsp3) is 0.957. The third-order valence-corrected chi connectivity index (χ3v) is 9.84. The van der Waals surface area contributed by atoms with Gasteiger partial charge in [0.05, 0.1) is 6.10 Å². The molecule has 4 saturated carbocycles. The van der Waals surface area contributed by atoms with Gasteiger partial charge >= 0.3 is 0 Å². The number of carbonyl (C=O) groups excluding carboxylic acids is 1. The summed E-state index contributed by atoms with van der Waals surface area (Å²) in [6.45, 7) is 6.82. The minimum atomic E-state index is -0.165. The zero-order chi connectivity index (χ0) is 18.9. The molecule has 0 bridgehead atoms. The highest BCUT2D eigenvalue weighted by Gasteiger charge is 2.61. The van der Waals surface area contributed by atoms with E-state index in [9.17, 15) is 9.90 Å². The summed E-state index contributed by atoms with van der Waals surface area (Å²) in [7, 11) is 4.26. The van der Waals surface area contributed by atoms with Crippen molar-refractivity contribution in [2.45, 2.75) is 84.3 Å². The van der Waals surface area contributed by atoms with Crippen molar-refractivity contribution in [2.24, 2.45) is 40.4 Å². The van der Waals surface area contributed by atoms with E-state index in [1.54, 1.807) is 0 Å². The van der Waals surface area contributed by atoms with Crippen LogP contribution in [0.2, 0.25) is 0 Å². The molecule has 4 rings (SSSR count). The highest BCUT2D eigenvalue weighted by atomic mass is 16.3. The van der Waals surface area contributed by atoms with Crippen molar-refractivity contribution in [3.05, 3.63) is 0 Å². The average molecular weight is 362 g/mol. The predicted octanol–water partition coefficient (Wildman–Crippen LogP) is 4.14. The molecule has 0 aromatic carbocycles. The second-order valence-corrected chi connectivity index (χ2v) is 11.0. The number of aliphatic hydroxyl groups is 1. The van der Waals surface area contributed by atoms with Crippen molar-refractivity contribution in [1.29, 1.82) is 0 Å². The molecule has 4 fully saturated rings. The van der Waals surface area contributed by atoms with Crippen LogP contribution >= 0.6 is 0 Å². The van der Waals surface area contributed by atoms with Gasteiger partial charge in [0.15, 0.2) is 0 Å². The summed E-state index contributed by atoms with van der Waals surface area (Å²) in [5, 5.41) is 10.7. The van der Waals surface area contributed by atoms with E-state index in [0.29, 0.717) is 29.1 Å². The van der Waals surface area contributed by atoms with E-state index in [0.717, 1.165) is 37.0 Å². The van der Waals surface area contributed by atoms with Gasteiger partial charge in [-0.1, -0.05) is 13.8 Å². The van der Waals surface area contributed by atoms with Gasteiger partial charge < -0.3 is 10.0 Å². The molecule has 1 N–H and O–H groups in total. The van der Waals surface area contributed by atoms with Gasteiger partial charge in [0.25, 0.3) is 0 Å². The summed E-state index contributed by atoms with van der Waals surface area (Å²) >= 11 is 0.